The average molecular weight is 431 g/mol. The molecule has 4 aromatic rings. The Bertz CT molecular complexity index is 1440. The summed E-state index contributed by atoms with van der Waals surface area (Å²) in [6.45, 7) is 3.20. The molecule has 0 aliphatic heterocycles. The number of nitrogens with one attached hydrogen (secondary N) is 1. The third-order valence-electron chi connectivity index (χ3n) is 4.70. The van der Waals surface area contributed by atoms with Crippen molar-refractivity contribution in [2.45, 2.75) is 13.8 Å². The minimum atomic E-state index is -0.810. The van der Waals surface area contributed by atoms with Gasteiger partial charge in [-0.1, -0.05) is 30.3 Å². The van der Waals surface area contributed by atoms with Crippen LogP contribution in [0.25, 0.3) is 16.7 Å². The first-order chi connectivity index (χ1) is 15.4. The van der Waals surface area contributed by atoms with Crippen LogP contribution in [0, 0.1) is 24.0 Å². The van der Waals surface area contributed by atoms with Crippen LogP contribution in [0.4, 0.5) is 10.5 Å². The van der Waals surface area contributed by atoms with E-state index in [1.54, 1.807) is 17.7 Å². The summed E-state index contributed by atoms with van der Waals surface area (Å²) in [5.74, 6) is 0.155. The average Bonchev–Trinajstić information content (AvgIpc) is 3.10. The Morgan fingerprint density at radius 2 is 1.91 bits per heavy atom. The zero-order valence-corrected chi connectivity index (χ0v) is 17.1. The Morgan fingerprint density at radius 1 is 1.16 bits per heavy atom. The van der Waals surface area contributed by atoms with Gasteiger partial charge in [0.1, 0.15) is 11.2 Å². The van der Waals surface area contributed by atoms with Gasteiger partial charge < -0.3 is 0 Å². The number of hydrogen-bond donors (Lipinski definition) is 1. The predicted molar refractivity (Wildman–Crippen MR) is 117 cm³/mol. The van der Waals surface area contributed by atoms with Gasteiger partial charge in [-0.05, 0) is 26.0 Å². The Labute approximate surface area is 180 Å². The molecule has 11 heteroatoms. The summed E-state index contributed by atoms with van der Waals surface area (Å²) in [5, 5.41) is 19.3. The first kappa shape index (κ1) is 20.6. The van der Waals surface area contributed by atoms with E-state index in [1.807, 2.05) is 30.3 Å². The van der Waals surface area contributed by atoms with Crippen LogP contribution in [-0.4, -0.2) is 36.5 Å². The molecule has 160 valence electrons. The molecule has 0 unspecified atom stereocenters. The SMILES string of the molecule is Cc1nn(-c2ccccc2)c2nc(C)n(C(=O)N/N=C/c3cccc([N+](=O)[O-])c3)c(=O)c12. The molecule has 0 fully saturated rings. The van der Waals surface area contributed by atoms with Crippen LogP contribution < -0.4 is 11.0 Å². The second-order valence-electron chi connectivity index (χ2n) is 6.86. The summed E-state index contributed by atoms with van der Waals surface area (Å²) in [6, 6.07) is 14.2. The molecule has 0 aliphatic rings. The lowest BCUT2D eigenvalue weighted by Crippen LogP contribution is -2.36. The van der Waals surface area contributed by atoms with Crippen molar-refractivity contribution in [1.29, 1.82) is 0 Å². The molecule has 1 N–H and O–H groups in total. The largest absolute Gasteiger partial charge is 0.350 e. The van der Waals surface area contributed by atoms with Gasteiger partial charge in [-0.3, -0.25) is 14.9 Å². The number of para-hydroxylation sites is 1. The molecule has 0 bridgehead atoms. The van der Waals surface area contributed by atoms with Crippen molar-refractivity contribution in [3.63, 3.8) is 0 Å². The Balaban J connectivity index is 1.67. The van der Waals surface area contributed by atoms with Gasteiger partial charge in [0.25, 0.3) is 11.2 Å². The van der Waals surface area contributed by atoms with E-state index in [1.165, 1.54) is 31.3 Å². The van der Waals surface area contributed by atoms with Crippen LogP contribution in [0.1, 0.15) is 17.1 Å². The number of rotatable bonds is 4. The number of nitrogens with zero attached hydrogens (tertiary/aromatic N) is 6. The number of non-ortho nitro benzene ring substituents is 1. The van der Waals surface area contributed by atoms with Gasteiger partial charge in [0.2, 0.25) is 0 Å². The van der Waals surface area contributed by atoms with Gasteiger partial charge in [-0.15, -0.1) is 0 Å². The van der Waals surface area contributed by atoms with E-state index in [9.17, 15) is 19.7 Å². The minimum Gasteiger partial charge on any atom is -0.268 e. The maximum absolute atomic E-state index is 13.1. The first-order valence-corrected chi connectivity index (χ1v) is 9.49. The van der Waals surface area contributed by atoms with Crippen molar-refractivity contribution in [2.75, 3.05) is 0 Å². The van der Waals surface area contributed by atoms with Crippen LogP contribution in [0.5, 0.6) is 0 Å². The molecule has 0 spiro atoms. The van der Waals surface area contributed by atoms with E-state index in [2.05, 4.69) is 20.6 Å². The number of fused-ring (bicyclic) bond motifs is 1. The third kappa shape index (κ3) is 3.74. The van der Waals surface area contributed by atoms with Gasteiger partial charge in [-0.25, -0.2) is 24.5 Å². The highest BCUT2D eigenvalue weighted by Crippen LogP contribution is 2.17. The third-order valence-corrected chi connectivity index (χ3v) is 4.70. The fraction of sp³-hybridized carbons (Fsp3) is 0.0952. The van der Waals surface area contributed by atoms with Crippen molar-refractivity contribution in [1.82, 2.24) is 24.8 Å². The fourth-order valence-electron chi connectivity index (χ4n) is 3.25. The molecular weight excluding hydrogens is 414 g/mol. The van der Waals surface area contributed by atoms with E-state index in [0.29, 0.717) is 16.9 Å². The van der Waals surface area contributed by atoms with Crippen molar-refractivity contribution in [2.24, 2.45) is 5.10 Å². The summed E-state index contributed by atoms with van der Waals surface area (Å²) in [4.78, 5) is 40.5. The number of hydrazone groups is 1. The van der Waals surface area contributed by atoms with Gasteiger partial charge >= 0.3 is 6.03 Å². The lowest BCUT2D eigenvalue weighted by atomic mass is 10.2. The van der Waals surface area contributed by atoms with Gasteiger partial charge in [0.15, 0.2) is 5.65 Å². The van der Waals surface area contributed by atoms with E-state index in [-0.39, 0.29) is 16.9 Å². The number of nitro benzene ring substituents is 1. The predicted octanol–water partition coefficient (Wildman–Crippen LogP) is 2.70. The zero-order chi connectivity index (χ0) is 22.8. The Kier molecular flexibility index (Phi) is 5.29. The second-order valence-corrected chi connectivity index (χ2v) is 6.86. The maximum atomic E-state index is 13.1. The molecule has 2 aromatic heterocycles. The van der Waals surface area contributed by atoms with E-state index >= 15 is 0 Å². The van der Waals surface area contributed by atoms with Crippen LogP contribution >= 0.6 is 0 Å². The number of hydrogen-bond acceptors (Lipinski definition) is 7. The van der Waals surface area contributed by atoms with Gasteiger partial charge in [0, 0.05) is 17.7 Å². The van der Waals surface area contributed by atoms with Gasteiger partial charge in [-0.2, -0.15) is 10.2 Å². The van der Waals surface area contributed by atoms with Crippen molar-refractivity contribution < 1.29 is 9.72 Å². The van der Waals surface area contributed by atoms with E-state index in [4.69, 9.17) is 0 Å². The van der Waals surface area contributed by atoms with Crippen LogP contribution in [0.2, 0.25) is 0 Å². The molecule has 1 amide bonds. The monoisotopic (exact) mass is 431 g/mol. The van der Waals surface area contributed by atoms with Crippen molar-refractivity contribution >= 4 is 29.0 Å². The van der Waals surface area contributed by atoms with Crippen molar-refractivity contribution in [3.8, 4) is 5.69 Å². The number of aryl methyl sites for hydroxylation is 2. The number of benzene rings is 2. The summed E-state index contributed by atoms with van der Waals surface area (Å²) >= 11 is 0. The molecule has 11 nitrogen and oxygen atoms in total. The quantitative estimate of drug-likeness (QED) is 0.300. The lowest BCUT2D eigenvalue weighted by molar-refractivity contribution is -0.384. The summed E-state index contributed by atoms with van der Waals surface area (Å²) in [5.41, 5.74) is 3.51. The van der Waals surface area contributed by atoms with Crippen LogP contribution in [0.15, 0.2) is 64.5 Å². The number of carbonyl (C=O) groups is 1. The topological polar surface area (TPSA) is 137 Å². The smallest absolute Gasteiger partial charge is 0.268 e. The Morgan fingerprint density at radius 3 is 2.62 bits per heavy atom. The molecular formula is C21H17N7O4. The van der Waals surface area contributed by atoms with Crippen molar-refractivity contribution in [3.05, 3.63) is 92.1 Å². The second kappa shape index (κ2) is 8.22. The molecule has 0 aliphatic carbocycles. The Hall–Kier alpha value is -4.67. The maximum Gasteiger partial charge on any atom is 0.350 e. The summed E-state index contributed by atoms with van der Waals surface area (Å²) in [7, 11) is 0. The van der Waals surface area contributed by atoms with Gasteiger partial charge in [0.05, 0.1) is 22.5 Å². The summed E-state index contributed by atoms with van der Waals surface area (Å²) in [6.07, 6.45) is 1.25. The molecule has 2 aromatic carbocycles. The summed E-state index contributed by atoms with van der Waals surface area (Å²) < 4.78 is 2.43. The highest BCUT2D eigenvalue weighted by atomic mass is 16.6. The van der Waals surface area contributed by atoms with E-state index in [0.717, 1.165) is 10.3 Å². The lowest BCUT2D eigenvalue weighted by Gasteiger charge is -2.08. The molecule has 0 atom stereocenters. The standard InChI is InChI=1S/C21H17N7O4/c1-13-18-19(27(25-13)16-8-4-3-5-9-16)23-14(2)26(20(18)29)21(30)24-22-12-15-7-6-10-17(11-15)28(31)32/h3-12H,1-2H3,(H,24,30)/b22-12+. The molecule has 4 rings (SSSR count). The molecule has 0 saturated carbocycles. The highest BCUT2D eigenvalue weighted by Gasteiger charge is 2.20. The zero-order valence-electron chi connectivity index (χ0n) is 17.1. The first-order valence-electron chi connectivity index (χ1n) is 9.49. The number of aromatic nitrogens is 4. The highest BCUT2D eigenvalue weighted by molar-refractivity contribution is 5.86. The number of nitro groups is 1. The molecule has 2 heterocycles. The number of amides is 1. The molecule has 0 saturated heterocycles. The van der Waals surface area contributed by atoms with Crippen LogP contribution in [0.3, 0.4) is 0 Å². The molecule has 0 radical (unpaired) electrons. The van der Waals surface area contributed by atoms with E-state index < -0.39 is 16.5 Å². The fourth-order valence-corrected chi connectivity index (χ4v) is 3.25. The minimum absolute atomic E-state index is 0.104. The molecule has 32 heavy (non-hydrogen) atoms. The number of carbonyl (C=O) groups excluding carboxylic acids is 1. The normalized spacial score (nSPS) is 11.2. The van der Waals surface area contributed by atoms with Crippen LogP contribution in [-0.2, 0) is 0 Å².